The molecule has 158 valence electrons. The van der Waals surface area contributed by atoms with Crippen LogP contribution in [0, 0.1) is 16.7 Å². The van der Waals surface area contributed by atoms with E-state index >= 15 is 0 Å². The van der Waals surface area contributed by atoms with Crippen LogP contribution in [0.1, 0.15) is 75.8 Å². The summed E-state index contributed by atoms with van der Waals surface area (Å²) in [6.07, 6.45) is 8.27. The number of ether oxygens (including phenoxy) is 3. The van der Waals surface area contributed by atoms with Gasteiger partial charge in [0.25, 0.3) is 0 Å². The monoisotopic (exact) mass is 398 g/mol. The highest BCUT2D eigenvalue weighted by Crippen LogP contribution is 2.66. The predicted octanol–water partition coefficient (Wildman–Crippen LogP) is 5.03. The molecule has 4 heteroatoms. The Morgan fingerprint density at radius 2 is 1.97 bits per heavy atom. The standard InChI is InChI=1S/C25H34O4/c1-24-12-11-16-14-17(27-3)7-8-18(16)23(24)19(26)15-25(2)20(24)9-10-21(25)29-22-6-4-5-13-28-22/h7-8,14,20-23H,4-6,9-13,15H2,1-3H3/t20-,21-,22?,23+,24-,25-/m0/s1. The van der Waals surface area contributed by atoms with Crippen molar-refractivity contribution in [2.24, 2.45) is 16.7 Å². The Hall–Kier alpha value is -1.39. The van der Waals surface area contributed by atoms with Crippen molar-refractivity contribution in [3.63, 3.8) is 0 Å². The summed E-state index contributed by atoms with van der Waals surface area (Å²) >= 11 is 0. The van der Waals surface area contributed by atoms with E-state index < -0.39 is 0 Å². The van der Waals surface area contributed by atoms with Crippen LogP contribution in [0.4, 0.5) is 0 Å². The van der Waals surface area contributed by atoms with Gasteiger partial charge in [-0.3, -0.25) is 4.79 Å². The van der Waals surface area contributed by atoms with Gasteiger partial charge in [0, 0.05) is 24.4 Å². The normalized spacial score (nSPS) is 41.4. The van der Waals surface area contributed by atoms with Gasteiger partial charge in [-0.15, -0.1) is 0 Å². The number of rotatable bonds is 3. The summed E-state index contributed by atoms with van der Waals surface area (Å²) in [4.78, 5) is 13.6. The van der Waals surface area contributed by atoms with Crippen molar-refractivity contribution in [3.05, 3.63) is 29.3 Å². The first-order valence-electron chi connectivity index (χ1n) is 11.4. The predicted molar refractivity (Wildman–Crippen MR) is 111 cm³/mol. The molecule has 6 atom stereocenters. The topological polar surface area (TPSA) is 44.8 Å². The molecular formula is C25H34O4. The molecule has 0 amide bonds. The van der Waals surface area contributed by atoms with Crippen molar-refractivity contribution >= 4 is 5.78 Å². The van der Waals surface area contributed by atoms with Crippen LogP contribution in [-0.2, 0) is 20.7 Å². The number of fused-ring (bicyclic) bond motifs is 5. The van der Waals surface area contributed by atoms with Crippen LogP contribution in [0.15, 0.2) is 18.2 Å². The number of hydrogen-bond donors (Lipinski definition) is 0. The highest BCUT2D eigenvalue weighted by Gasteiger charge is 2.63. The van der Waals surface area contributed by atoms with E-state index in [4.69, 9.17) is 14.2 Å². The molecule has 1 heterocycles. The lowest BCUT2D eigenvalue weighted by molar-refractivity contribution is -0.215. The number of carbonyl (C=O) groups is 1. The lowest BCUT2D eigenvalue weighted by Crippen LogP contribution is -2.54. The maximum atomic E-state index is 13.6. The molecule has 0 radical (unpaired) electrons. The van der Waals surface area contributed by atoms with Crippen molar-refractivity contribution in [1.29, 1.82) is 0 Å². The minimum Gasteiger partial charge on any atom is -0.497 e. The third kappa shape index (κ3) is 2.97. The molecule has 0 bridgehead atoms. The fraction of sp³-hybridized carbons (Fsp3) is 0.720. The van der Waals surface area contributed by atoms with E-state index in [-0.39, 0.29) is 29.1 Å². The van der Waals surface area contributed by atoms with Crippen LogP contribution in [0.3, 0.4) is 0 Å². The Balaban J connectivity index is 1.45. The molecule has 4 aliphatic rings. The van der Waals surface area contributed by atoms with Gasteiger partial charge in [-0.2, -0.15) is 0 Å². The van der Waals surface area contributed by atoms with E-state index in [1.54, 1.807) is 7.11 Å². The molecule has 29 heavy (non-hydrogen) atoms. The summed E-state index contributed by atoms with van der Waals surface area (Å²) < 4.78 is 17.8. The van der Waals surface area contributed by atoms with E-state index in [0.29, 0.717) is 18.1 Å². The third-order valence-electron chi connectivity index (χ3n) is 8.63. The SMILES string of the molecule is COc1ccc2c(c1)CC[C@@]1(C)[C@@H]3CC[C@H](OC4CCCCO4)[C@@]3(C)CC(=O)[C@@H]21. The number of aryl methyl sites for hydroxylation is 1. The van der Waals surface area contributed by atoms with Crippen molar-refractivity contribution in [3.8, 4) is 5.75 Å². The molecule has 2 saturated carbocycles. The average Bonchev–Trinajstić information content (AvgIpc) is 3.04. The van der Waals surface area contributed by atoms with E-state index in [2.05, 4.69) is 26.0 Å². The van der Waals surface area contributed by atoms with Gasteiger partial charge in [0.2, 0.25) is 0 Å². The zero-order chi connectivity index (χ0) is 20.2. The van der Waals surface area contributed by atoms with Crippen molar-refractivity contribution in [2.45, 2.75) is 83.5 Å². The Labute approximate surface area is 174 Å². The molecule has 3 fully saturated rings. The molecule has 1 saturated heterocycles. The number of Topliss-reactive ketones (excluding diaryl/α,β-unsaturated/α-hetero) is 1. The molecule has 1 aromatic rings. The molecule has 3 aliphatic carbocycles. The second-order valence-electron chi connectivity index (χ2n) is 10.2. The lowest BCUT2D eigenvalue weighted by atomic mass is 9.47. The number of methoxy groups -OCH3 is 1. The van der Waals surface area contributed by atoms with Gasteiger partial charge in [0.1, 0.15) is 11.5 Å². The van der Waals surface area contributed by atoms with Crippen LogP contribution < -0.4 is 4.74 Å². The number of hydrogen-bond acceptors (Lipinski definition) is 4. The minimum absolute atomic E-state index is 0.0111. The molecule has 0 spiro atoms. The average molecular weight is 399 g/mol. The zero-order valence-corrected chi connectivity index (χ0v) is 18.0. The van der Waals surface area contributed by atoms with Crippen LogP contribution >= 0.6 is 0 Å². The van der Waals surface area contributed by atoms with E-state index in [1.807, 2.05) is 6.07 Å². The van der Waals surface area contributed by atoms with Gasteiger partial charge in [0.05, 0.1) is 13.2 Å². The summed E-state index contributed by atoms with van der Waals surface area (Å²) in [7, 11) is 1.71. The van der Waals surface area contributed by atoms with Gasteiger partial charge in [-0.25, -0.2) is 0 Å². The minimum atomic E-state index is -0.0792. The Bertz CT molecular complexity index is 798. The van der Waals surface area contributed by atoms with Crippen LogP contribution in [-0.4, -0.2) is 31.9 Å². The van der Waals surface area contributed by atoms with Gasteiger partial charge in [-0.05, 0) is 79.5 Å². The van der Waals surface area contributed by atoms with Crippen molar-refractivity contribution < 1.29 is 19.0 Å². The Morgan fingerprint density at radius 1 is 1.10 bits per heavy atom. The van der Waals surface area contributed by atoms with Crippen LogP contribution in [0.2, 0.25) is 0 Å². The van der Waals surface area contributed by atoms with Crippen LogP contribution in [0.5, 0.6) is 5.75 Å². The summed E-state index contributed by atoms with van der Waals surface area (Å²) in [5, 5.41) is 0. The fourth-order valence-electron chi connectivity index (χ4n) is 7.25. The molecule has 1 aliphatic heterocycles. The van der Waals surface area contributed by atoms with E-state index in [1.165, 1.54) is 17.5 Å². The number of carbonyl (C=O) groups excluding carboxylic acids is 1. The van der Waals surface area contributed by atoms with E-state index in [0.717, 1.165) is 50.9 Å². The number of benzene rings is 1. The molecule has 5 rings (SSSR count). The van der Waals surface area contributed by atoms with Gasteiger partial charge >= 0.3 is 0 Å². The molecular weight excluding hydrogens is 364 g/mol. The summed E-state index contributed by atoms with van der Waals surface area (Å²) in [6, 6.07) is 6.30. The van der Waals surface area contributed by atoms with Crippen molar-refractivity contribution in [2.75, 3.05) is 13.7 Å². The van der Waals surface area contributed by atoms with Crippen LogP contribution in [0.25, 0.3) is 0 Å². The lowest BCUT2D eigenvalue weighted by Gasteiger charge is -2.56. The van der Waals surface area contributed by atoms with Gasteiger partial charge < -0.3 is 14.2 Å². The summed E-state index contributed by atoms with van der Waals surface area (Å²) in [5.41, 5.74) is 2.47. The Morgan fingerprint density at radius 3 is 2.72 bits per heavy atom. The third-order valence-corrected chi connectivity index (χ3v) is 8.63. The maximum Gasteiger partial charge on any atom is 0.157 e. The molecule has 1 aromatic carbocycles. The van der Waals surface area contributed by atoms with Crippen molar-refractivity contribution in [1.82, 2.24) is 0 Å². The second-order valence-corrected chi connectivity index (χ2v) is 10.2. The zero-order valence-electron chi connectivity index (χ0n) is 18.0. The highest BCUT2D eigenvalue weighted by molar-refractivity contribution is 5.89. The second kappa shape index (κ2) is 7.09. The quantitative estimate of drug-likeness (QED) is 0.716. The molecule has 0 N–H and O–H groups in total. The fourth-order valence-corrected chi connectivity index (χ4v) is 7.25. The maximum absolute atomic E-state index is 13.6. The number of ketones is 1. The molecule has 0 aromatic heterocycles. The van der Waals surface area contributed by atoms with Gasteiger partial charge in [0.15, 0.2) is 6.29 Å². The molecule has 4 nitrogen and oxygen atoms in total. The highest BCUT2D eigenvalue weighted by atomic mass is 16.7. The first kappa shape index (κ1) is 19.6. The largest absolute Gasteiger partial charge is 0.497 e. The summed E-state index contributed by atoms with van der Waals surface area (Å²) in [5.74, 6) is 1.82. The summed E-state index contributed by atoms with van der Waals surface area (Å²) in [6.45, 7) is 5.50. The smallest absolute Gasteiger partial charge is 0.157 e. The first-order valence-corrected chi connectivity index (χ1v) is 11.4. The van der Waals surface area contributed by atoms with Gasteiger partial charge in [-0.1, -0.05) is 19.9 Å². The van der Waals surface area contributed by atoms with E-state index in [9.17, 15) is 4.79 Å². The first-order chi connectivity index (χ1) is 14.0. The molecule has 1 unspecified atom stereocenters. The Kier molecular flexibility index (Phi) is 4.78.